The molecule has 0 aliphatic heterocycles. The van der Waals surface area contributed by atoms with Gasteiger partial charge in [0, 0.05) is 24.5 Å². The van der Waals surface area contributed by atoms with Crippen LogP contribution in [0.15, 0.2) is 42.6 Å². The summed E-state index contributed by atoms with van der Waals surface area (Å²) in [7, 11) is 1.62. The zero-order valence-corrected chi connectivity index (χ0v) is 12.4. The Balaban J connectivity index is 1.93. The summed E-state index contributed by atoms with van der Waals surface area (Å²) in [4.78, 5) is 4.20. The van der Waals surface area contributed by atoms with Crippen LogP contribution in [0.5, 0.6) is 5.88 Å². The molecule has 0 radical (unpaired) electrons. The van der Waals surface area contributed by atoms with Crippen LogP contribution in [0.3, 0.4) is 0 Å². The van der Waals surface area contributed by atoms with Crippen molar-refractivity contribution >= 4 is 5.69 Å². The number of anilines is 1. The average Bonchev–Trinajstić information content (AvgIpc) is 2.53. The Hall–Kier alpha value is -2.03. The molecular weight excluding hydrogens is 248 g/mol. The van der Waals surface area contributed by atoms with Gasteiger partial charge in [-0.15, -0.1) is 0 Å². The van der Waals surface area contributed by atoms with Gasteiger partial charge in [-0.2, -0.15) is 0 Å². The number of methoxy groups -OCH3 is 1. The Morgan fingerprint density at radius 2 is 1.90 bits per heavy atom. The molecule has 106 valence electrons. The summed E-state index contributed by atoms with van der Waals surface area (Å²) in [5.41, 5.74) is 3.66. The van der Waals surface area contributed by atoms with Gasteiger partial charge in [0.05, 0.1) is 7.11 Å². The predicted octanol–water partition coefficient (Wildman–Crippen LogP) is 4.22. The smallest absolute Gasteiger partial charge is 0.212 e. The molecule has 1 atom stereocenters. The fourth-order valence-electron chi connectivity index (χ4n) is 2.01. The number of aromatic nitrogens is 1. The summed E-state index contributed by atoms with van der Waals surface area (Å²) < 4.78 is 5.05. The van der Waals surface area contributed by atoms with Crippen LogP contribution in [0.1, 0.15) is 37.3 Å². The second-order valence-corrected chi connectivity index (χ2v) is 4.99. The highest BCUT2D eigenvalue weighted by atomic mass is 16.5. The normalized spacial score (nSPS) is 11.9. The van der Waals surface area contributed by atoms with Crippen LogP contribution in [0.4, 0.5) is 5.69 Å². The van der Waals surface area contributed by atoms with Gasteiger partial charge in [0.25, 0.3) is 0 Å². The predicted molar refractivity (Wildman–Crippen MR) is 83.3 cm³/mol. The lowest BCUT2D eigenvalue weighted by molar-refractivity contribution is 0.397. The molecule has 1 heterocycles. The Labute approximate surface area is 121 Å². The molecule has 0 amide bonds. The molecule has 3 heteroatoms. The molecule has 0 saturated carbocycles. The van der Waals surface area contributed by atoms with Crippen molar-refractivity contribution in [1.82, 2.24) is 4.98 Å². The first-order valence-corrected chi connectivity index (χ1v) is 7.05. The molecule has 0 bridgehead atoms. The van der Waals surface area contributed by atoms with Gasteiger partial charge in [-0.1, -0.05) is 32.0 Å². The van der Waals surface area contributed by atoms with Gasteiger partial charge in [-0.25, -0.2) is 4.98 Å². The molecule has 2 rings (SSSR count). The molecule has 2 aromatic rings. The van der Waals surface area contributed by atoms with E-state index in [1.54, 1.807) is 7.11 Å². The maximum atomic E-state index is 5.05. The zero-order chi connectivity index (χ0) is 14.4. The van der Waals surface area contributed by atoms with Gasteiger partial charge in [0.15, 0.2) is 0 Å². The van der Waals surface area contributed by atoms with Crippen molar-refractivity contribution in [3.05, 3.63) is 53.7 Å². The molecule has 20 heavy (non-hydrogen) atoms. The molecule has 3 nitrogen and oxygen atoms in total. The lowest BCUT2D eigenvalue weighted by Gasteiger charge is -2.11. The number of nitrogens with one attached hydrogen (secondary N) is 1. The van der Waals surface area contributed by atoms with E-state index in [-0.39, 0.29) is 0 Å². The first-order chi connectivity index (χ1) is 9.72. The summed E-state index contributed by atoms with van der Waals surface area (Å²) in [6, 6.07) is 12.6. The van der Waals surface area contributed by atoms with Crippen LogP contribution in [0.25, 0.3) is 0 Å². The Kier molecular flexibility index (Phi) is 4.99. The van der Waals surface area contributed by atoms with Gasteiger partial charge in [-0.05, 0) is 35.6 Å². The topological polar surface area (TPSA) is 34.1 Å². The van der Waals surface area contributed by atoms with Crippen LogP contribution in [0.2, 0.25) is 0 Å². The minimum absolute atomic E-state index is 0.620. The fraction of sp³-hybridized carbons (Fsp3) is 0.353. The molecule has 0 fully saturated rings. The lowest BCUT2D eigenvalue weighted by atomic mass is 9.99. The summed E-state index contributed by atoms with van der Waals surface area (Å²) >= 11 is 0. The number of ether oxygens (including phenoxy) is 1. The molecule has 1 N–H and O–H groups in total. The van der Waals surface area contributed by atoms with Crippen LogP contribution in [-0.4, -0.2) is 12.1 Å². The third kappa shape index (κ3) is 3.73. The molecule has 1 aromatic carbocycles. The highest BCUT2D eigenvalue weighted by Gasteiger charge is 2.02. The van der Waals surface area contributed by atoms with Gasteiger partial charge >= 0.3 is 0 Å². The quantitative estimate of drug-likeness (QED) is 0.853. The third-order valence-electron chi connectivity index (χ3n) is 3.60. The van der Waals surface area contributed by atoms with Crippen LogP contribution in [-0.2, 0) is 6.54 Å². The minimum Gasteiger partial charge on any atom is -0.481 e. The number of nitrogens with zero attached hydrogens (tertiary/aromatic N) is 1. The van der Waals surface area contributed by atoms with Crippen molar-refractivity contribution in [3.8, 4) is 5.88 Å². The fourth-order valence-corrected chi connectivity index (χ4v) is 2.01. The van der Waals surface area contributed by atoms with Gasteiger partial charge in [-0.3, -0.25) is 0 Å². The molecule has 0 aliphatic rings. The molecular formula is C17H22N2O. The Morgan fingerprint density at radius 1 is 1.15 bits per heavy atom. The summed E-state index contributed by atoms with van der Waals surface area (Å²) in [6.45, 7) is 5.23. The number of rotatable bonds is 6. The minimum atomic E-state index is 0.620. The van der Waals surface area contributed by atoms with Gasteiger partial charge in [0.2, 0.25) is 5.88 Å². The van der Waals surface area contributed by atoms with Crippen molar-refractivity contribution in [3.63, 3.8) is 0 Å². The second kappa shape index (κ2) is 6.94. The largest absolute Gasteiger partial charge is 0.481 e. The van der Waals surface area contributed by atoms with Gasteiger partial charge in [0.1, 0.15) is 0 Å². The molecule has 0 aliphatic carbocycles. The summed E-state index contributed by atoms with van der Waals surface area (Å²) in [6.07, 6.45) is 3.00. The molecule has 0 spiro atoms. The van der Waals surface area contributed by atoms with Gasteiger partial charge < -0.3 is 10.1 Å². The molecule has 1 aromatic heterocycles. The number of hydrogen-bond acceptors (Lipinski definition) is 3. The third-order valence-corrected chi connectivity index (χ3v) is 3.60. The number of pyridine rings is 1. The van der Waals surface area contributed by atoms with E-state index in [0.29, 0.717) is 11.8 Å². The monoisotopic (exact) mass is 270 g/mol. The zero-order valence-electron chi connectivity index (χ0n) is 12.4. The highest BCUT2D eigenvalue weighted by molar-refractivity contribution is 5.45. The number of hydrogen-bond donors (Lipinski definition) is 1. The van der Waals surface area contributed by atoms with E-state index in [1.165, 1.54) is 12.0 Å². The van der Waals surface area contributed by atoms with Crippen LogP contribution < -0.4 is 10.1 Å². The number of benzene rings is 1. The maximum absolute atomic E-state index is 5.05. The average molecular weight is 270 g/mol. The van der Waals surface area contributed by atoms with E-state index >= 15 is 0 Å². The first kappa shape index (κ1) is 14.4. The van der Waals surface area contributed by atoms with Crippen molar-refractivity contribution in [2.75, 3.05) is 12.4 Å². The van der Waals surface area contributed by atoms with E-state index in [1.807, 2.05) is 18.3 Å². The second-order valence-electron chi connectivity index (χ2n) is 4.99. The molecule has 0 saturated heterocycles. The SMILES string of the molecule is CCC(C)c1ccc(NCc2ccc(OC)nc2)cc1. The van der Waals surface area contributed by atoms with E-state index in [2.05, 4.69) is 48.4 Å². The maximum Gasteiger partial charge on any atom is 0.212 e. The van der Waals surface area contributed by atoms with E-state index in [0.717, 1.165) is 17.8 Å². The van der Waals surface area contributed by atoms with Crippen LogP contribution in [0, 0.1) is 0 Å². The van der Waals surface area contributed by atoms with Crippen LogP contribution >= 0.6 is 0 Å². The summed E-state index contributed by atoms with van der Waals surface area (Å²) in [5.74, 6) is 1.27. The van der Waals surface area contributed by atoms with E-state index in [9.17, 15) is 0 Å². The Morgan fingerprint density at radius 3 is 2.45 bits per heavy atom. The van der Waals surface area contributed by atoms with Crippen molar-refractivity contribution in [2.24, 2.45) is 0 Å². The first-order valence-electron chi connectivity index (χ1n) is 7.05. The lowest BCUT2D eigenvalue weighted by Crippen LogP contribution is -2.00. The summed E-state index contributed by atoms with van der Waals surface area (Å²) in [5, 5.41) is 3.40. The highest BCUT2D eigenvalue weighted by Crippen LogP contribution is 2.20. The van der Waals surface area contributed by atoms with Crippen molar-refractivity contribution < 1.29 is 4.74 Å². The molecule has 1 unspecified atom stereocenters. The Bertz CT molecular complexity index is 520. The van der Waals surface area contributed by atoms with E-state index in [4.69, 9.17) is 4.74 Å². The van der Waals surface area contributed by atoms with E-state index < -0.39 is 0 Å². The van der Waals surface area contributed by atoms with Crippen molar-refractivity contribution in [1.29, 1.82) is 0 Å². The van der Waals surface area contributed by atoms with Crippen molar-refractivity contribution in [2.45, 2.75) is 32.7 Å². The standard InChI is InChI=1S/C17H22N2O/c1-4-13(2)15-6-8-16(9-7-15)18-11-14-5-10-17(20-3)19-12-14/h5-10,12-13,18H,4,11H2,1-3H3.